The first-order valence-corrected chi connectivity index (χ1v) is 5.33. The van der Waals surface area contributed by atoms with Crippen molar-refractivity contribution in [2.75, 3.05) is 13.7 Å². The third-order valence-electron chi connectivity index (χ3n) is 2.41. The van der Waals surface area contributed by atoms with Crippen LogP contribution in [-0.4, -0.2) is 48.0 Å². The van der Waals surface area contributed by atoms with Gasteiger partial charge in [0.1, 0.15) is 6.10 Å². The van der Waals surface area contributed by atoms with E-state index in [1.54, 1.807) is 14.0 Å². The average molecular weight is 218 g/mol. The number of amides is 1. The van der Waals surface area contributed by atoms with Crippen LogP contribution in [0.1, 0.15) is 26.7 Å². The van der Waals surface area contributed by atoms with Crippen molar-refractivity contribution in [1.29, 1.82) is 0 Å². The number of nitrogens with one attached hydrogen (secondary N) is 2. The second-order valence-corrected chi connectivity index (χ2v) is 3.67. The molecule has 0 heterocycles. The first-order chi connectivity index (χ1) is 7.06. The summed E-state index contributed by atoms with van der Waals surface area (Å²) in [5, 5.41) is 23.8. The standard InChI is InChI=1S/C10H22N2O3/c1-4-8(11-3)9(14)10(15)12-7(2)5-6-13/h7-9,11,13-14H,4-6H2,1-3H3,(H,12,15). The van der Waals surface area contributed by atoms with E-state index in [-0.39, 0.29) is 18.7 Å². The zero-order valence-electron chi connectivity index (χ0n) is 9.66. The highest BCUT2D eigenvalue weighted by Gasteiger charge is 2.23. The lowest BCUT2D eigenvalue weighted by Gasteiger charge is -2.22. The van der Waals surface area contributed by atoms with E-state index in [1.807, 2.05) is 6.92 Å². The molecule has 0 fully saturated rings. The Morgan fingerprint density at radius 3 is 2.47 bits per heavy atom. The molecule has 0 spiro atoms. The van der Waals surface area contributed by atoms with E-state index in [0.717, 1.165) is 0 Å². The molecule has 5 heteroatoms. The van der Waals surface area contributed by atoms with Crippen molar-refractivity contribution in [3.63, 3.8) is 0 Å². The lowest BCUT2D eigenvalue weighted by atomic mass is 10.1. The molecule has 0 aromatic heterocycles. The van der Waals surface area contributed by atoms with Crippen LogP contribution in [0.4, 0.5) is 0 Å². The summed E-state index contributed by atoms with van der Waals surface area (Å²) < 4.78 is 0. The Morgan fingerprint density at radius 1 is 1.47 bits per heavy atom. The Labute approximate surface area is 90.9 Å². The van der Waals surface area contributed by atoms with Crippen LogP contribution >= 0.6 is 0 Å². The third kappa shape index (κ3) is 5.11. The number of carbonyl (C=O) groups is 1. The molecular formula is C10H22N2O3. The van der Waals surface area contributed by atoms with Crippen LogP contribution < -0.4 is 10.6 Å². The van der Waals surface area contributed by atoms with Gasteiger partial charge in [-0.15, -0.1) is 0 Å². The predicted molar refractivity (Wildman–Crippen MR) is 58.5 cm³/mol. The molecule has 0 aliphatic rings. The number of carbonyl (C=O) groups excluding carboxylic acids is 1. The van der Waals surface area contributed by atoms with Gasteiger partial charge in [-0.1, -0.05) is 6.92 Å². The maximum Gasteiger partial charge on any atom is 0.250 e. The SMILES string of the molecule is CCC(NC)C(O)C(=O)NC(C)CCO. The van der Waals surface area contributed by atoms with Crippen LogP contribution in [0, 0.1) is 0 Å². The summed E-state index contributed by atoms with van der Waals surface area (Å²) in [6.07, 6.45) is 0.134. The van der Waals surface area contributed by atoms with Gasteiger partial charge in [-0.2, -0.15) is 0 Å². The van der Waals surface area contributed by atoms with E-state index in [1.165, 1.54) is 0 Å². The number of aliphatic hydroxyl groups excluding tert-OH is 2. The molecule has 1 amide bonds. The molecule has 0 radical (unpaired) electrons. The quantitative estimate of drug-likeness (QED) is 0.452. The molecule has 0 rings (SSSR count). The lowest BCUT2D eigenvalue weighted by molar-refractivity contribution is -0.131. The number of aliphatic hydroxyl groups is 2. The maximum atomic E-state index is 11.5. The first-order valence-electron chi connectivity index (χ1n) is 5.33. The van der Waals surface area contributed by atoms with Gasteiger partial charge in [-0.25, -0.2) is 0 Å². The zero-order valence-corrected chi connectivity index (χ0v) is 9.66. The number of rotatable bonds is 7. The van der Waals surface area contributed by atoms with Gasteiger partial charge in [0, 0.05) is 18.7 Å². The minimum absolute atomic E-state index is 0.0285. The molecule has 0 aromatic carbocycles. The van der Waals surface area contributed by atoms with Crippen LogP contribution in [0.5, 0.6) is 0 Å². The van der Waals surface area contributed by atoms with Crippen molar-refractivity contribution in [2.24, 2.45) is 0 Å². The molecule has 0 aromatic rings. The molecule has 15 heavy (non-hydrogen) atoms. The highest BCUT2D eigenvalue weighted by molar-refractivity contribution is 5.81. The van der Waals surface area contributed by atoms with Crippen molar-refractivity contribution in [3.05, 3.63) is 0 Å². The van der Waals surface area contributed by atoms with Crippen molar-refractivity contribution < 1.29 is 15.0 Å². The Bertz CT molecular complexity index is 184. The van der Waals surface area contributed by atoms with E-state index in [2.05, 4.69) is 10.6 Å². The largest absolute Gasteiger partial charge is 0.396 e. The van der Waals surface area contributed by atoms with Crippen LogP contribution in [0.25, 0.3) is 0 Å². The lowest BCUT2D eigenvalue weighted by Crippen LogP contribution is -2.49. The molecule has 0 saturated carbocycles. The maximum absolute atomic E-state index is 11.5. The molecule has 0 aliphatic heterocycles. The molecule has 3 atom stereocenters. The summed E-state index contributed by atoms with van der Waals surface area (Å²) >= 11 is 0. The van der Waals surface area contributed by atoms with Gasteiger partial charge in [0.05, 0.1) is 0 Å². The topological polar surface area (TPSA) is 81.6 Å². The van der Waals surface area contributed by atoms with E-state index in [9.17, 15) is 9.90 Å². The van der Waals surface area contributed by atoms with Crippen molar-refractivity contribution in [2.45, 2.75) is 44.9 Å². The van der Waals surface area contributed by atoms with Crippen molar-refractivity contribution in [1.82, 2.24) is 10.6 Å². The Kier molecular flexibility index (Phi) is 7.29. The summed E-state index contributed by atoms with van der Waals surface area (Å²) in [4.78, 5) is 11.5. The number of likely N-dealkylation sites (N-methyl/N-ethyl adjacent to an activating group) is 1. The number of hydrogen-bond acceptors (Lipinski definition) is 4. The summed E-state index contributed by atoms with van der Waals surface area (Å²) in [6.45, 7) is 3.72. The average Bonchev–Trinajstić information content (AvgIpc) is 2.19. The summed E-state index contributed by atoms with van der Waals surface area (Å²) in [7, 11) is 1.71. The molecule has 0 saturated heterocycles. The van der Waals surface area contributed by atoms with E-state index < -0.39 is 12.0 Å². The Morgan fingerprint density at radius 2 is 2.07 bits per heavy atom. The van der Waals surface area contributed by atoms with Crippen LogP contribution in [0.3, 0.4) is 0 Å². The van der Waals surface area contributed by atoms with Gasteiger partial charge < -0.3 is 20.8 Å². The van der Waals surface area contributed by atoms with Crippen molar-refractivity contribution in [3.8, 4) is 0 Å². The van der Waals surface area contributed by atoms with Crippen LogP contribution in [0.15, 0.2) is 0 Å². The molecular weight excluding hydrogens is 196 g/mol. The fourth-order valence-electron chi connectivity index (χ4n) is 1.36. The van der Waals surface area contributed by atoms with Gasteiger partial charge in [0.25, 0.3) is 5.91 Å². The fraction of sp³-hybridized carbons (Fsp3) is 0.900. The van der Waals surface area contributed by atoms with Crippen molar-refractivity contribution >= 4 is 5.91 Å². The molecule has 3 unspecified atom stereocenters. The van der Waals surface area contributed by atoms with Gasteiger partial charge in [-0.05, 0) is 26.8 Å². The summed E-state index contributed by atoms with van der Waals surface area (Å²) in [6, 6.07) is -0.349. The fourth-order valence-corrected chi connectivity index (χ4v) is 1.36. The third-order valence-corrected chi connectivity index (χ3v) is 2.41. The van der Waals surface area contributed by atoms with Crippen LogP contribution in [-0.2, 0) is 4.79 Å². The molecule has 4 N–H and O–H groups in total. The van der Waals surface area contributed by atoms with Gasteiger partial charge >= 0.3 is 0 Å². The monoisotopic (exact) mass is 218 g/mol. The molecule has 0 bridgehead atoms. The molecule has 90 valence electrons. The second-order valence-electron chi connectivity index (χ2n) is 3.67. The molecule has 5 nitrogen and oxygen atoms in total. The van der Waals surface area contributed by atoms with Gasteiger partial charge in [0.2, 0.25) is 0 Å². The van der Waals surface area contributed by atoms with Crippen LogP contribution in [0.2, 0.25) is 0 Å². The highest BCUT2D eigenvalue weighted by Crippen LogP contribution is 1.99. The Balaban J connectivity index is 4.07. The van der Waals surface area contributed by atoms with Gasteiger partial charge in [0.15, 0.2) is 0 Å². The second kappa shape index (κ2) is 7.62. The Hall–Kier alpha value is -0.650. The number of hydrogen-bond donors (Lipinski definition) is 4. The summed E-state index contributed by atoms with van der Waals surface area (Å²) in [5.74, 6) is -0.392. The van der Waals surface area contributed by atoms with E-state index in [4.69, 9.17) is 5.11 Å². The normalized spacial score (nSPS) is 16.9. The minimum atomic E-state index is -1.04. The summed E-state index contributed by atoms with van der Waals surface area (Å²) in [5.41, 5.74) is 0. The highest BCUT2D eigenvalue weighted by atomic mass is 16.3. The minimum Gasteiger partial charge on any atom is -0.396 e. The smallest absolute Gasteiger partial charge is 0.250 e. The van der Waals surface area contributed by atoms with E-state index in [0.29, 0.717) is 12.8 Å². The predicted octanol–water partition coefficient (Wildman–Crippen LogP) is -0.768. The first kappa shape index (κ1) is 14.3. The molecule has 0 aliphatic carbocycles. The van der Waals surface area contributed by atoms with Gasteiger partial charge in [-0.3, -0.25) is 4.79 Å². The van der Waals surface area contributed by atoms with E-state index >= 15 is 0 Å². The zero-order chi connectivity index (χ0) is 11.8.